The van der Waals surface area contributed by atoms with Crippen molar-refractivity contribution in [3.8, 4) is 5.75 Å². The van der Waals surface area contributed by atoms with Crippen molar-refractivity contribution in [3.05, 3.63) is 29.3 Å². The van der Waals surface area contributed by atoms with Crippen LogP contribution in [0.1, 0.15) is 51.2 Å². The van der Waals surface area contributed by atoms with E-state index < -0.39 is 0 Å². The number of benzene rings is 1. The average Bonchev–Trinajstić information content (AvgIpc) is 2.43. The molecule has 0 spiro atoms. The molecule has 1 fully saturated rings. The second-order valence-electron chi connectivity index (χ2n) is 6.91. The Bertz CT molecular complexity index is 455. The third-order valence-corrected chi connectivity index (χ3v) is 4.85. The van der Waals surface area contributed by atoms with Gasteiger partial charge in [-0.05, 0) is 63.1 Å². The first-order valence-corrected chi connectivity index (χ1v) is 8.48. The lowest BCUT2D eigenvalue weighted by Gasteiger charge is -2.38. The molecule has 1 N–H and O–H groups in total. The molecule has 1 aliphatic carbocycles. The third-order valence-electron chi connectivity index (χ3n) is 4.85. The fraction of sp³-hybridized carbons (Fsp3) is 0.684. The maximum atomic E-state index is 6.42. The van der Waals surface area contributed by atoms with Crippen molar-refractivity contribution in [2.45, 2.75) is 66.0 Å². The Morgan fingerprint density at radius 1 is 1.24 bits per heavy atom. The maximum Gasteiger partial charge on any atom is 0.122 e. The lowest BCUT2D eigenvalue weighted by molar-refractivity contribution is 0.0720. The third kappa shape index (κ3) is 4.23. The number of aryl methyl sites for hydroxylation is 2. The Morgan fingerprint density at radius 2 is 2.00 bits per heavy atom. The highest BCUT2D eigenvalue weighted by Gasteiger charge is 2.33. The molecule has 1 saturated carbocycles. The summed E-state index contributed by atoms with van der Waals surface area (Å²) >= 11 is 0. The lowest BCUT2D eigenvalue weighted by Crippen LogP contribution is -2.47. The van der Waals surface area contributed by atoms with Gasteiger partial charge in [-0.2, -0.15) is 0 Å². The fourth-order valence-electron chi connectivity index (χ4n) is 3.49. The van der Waals surface area contributed by atoms with Crippen LogP contribution in [-0.2, 0) is 0 Å². The minimum absolute atomic E-state index is 0.299. The Morgan fingerprint density at radius 3 is 2.62 bits per heavy atom. The number of ether oxygens (including phenoxy) is 1. The highest BCUT2D eigenvalue weighted by Crippen LogP contribution is 2.33. The lowest BCUT2D eigenvalue weighted by atomic mass is 9.78. The second-order valence-corrected chi connectivity index (χ2v) is 6.91. The molecule has 1 aromatic carbocycles. The molecule has 3 atom stereocenters. The molecule has 2 nitrogen and oxygen atoms in total. The van der Waals surface area contributed by atoms with Crippen LogP contribution in [-0.4, -0.2) is 18.7 Å². The molecular weight excluding hydrogens is 258 g/mol. The van der Waals surface area contributed by atoms with Crippen molar-refractivity contribution in [2.75, 3.05) is 6.54 Å². The number of rotatable bonds is 5. The van der Waals surface area contributed by atoms with Crippen LogP contribution in [0.4, 0.5) is 0 Å². The first kappa shape index (κ1) is 16.4. The number of hydrogen-bond donors (Lipinski definition) is 1. The summed E-state index contributed by atoms with van der Waals surface area (Å²) in [6, 6.07) is 6.98. The van der Waals surface area contributed by atoms with Gasteiger partial charge in [0.2, 0.25) is 0 Å². The van der Waals surface area contributed by atoms with Gasteiger partial charge in [0, 0.05) is 6.04 Å². The van der Waals surface area contributed by atoms with Gasteiger partial charge in [-0.3, -0.25) is 0 Å². The molecule has 21 heavy (non-hydrogen) atoms. The van der Waals surface area contributed by atoms with Crippen molar-refractivity contribution >= 4 is 0 Å². The Labute approximate surface area is 130 Å². The quantitative estimate of drug-likeness (QED) is 0.862. The van der Waals surface area contributed by atoms with Gasteiger partial charge in [-0.15, -0.1) is 0 Å². The second kappa shape index (κ2) is 7.31. The van der Waals surface area contributed by atoms with Crippen LogP contribution in [0, 0.1) is 25.7 Å². The zero-order valence-electron chi connectivity index (χ0n) is 14.3. The summed E-state index contributed by atoms with van der Waals surface area (Å²) in [5.74, 6) is 2.59. The molecule has 0 aliphatic heterocycles. The van der Waals surface area contributed by atoms with Gasteiger partial charge >= 0.3 is 0 Å². The maximum absolute atomic E-state index is 6.42. The van der Waals surface area contributed by atoms with Crippen molar-refractivity contribution in [1.29, 1.82) is 0 Å². The average molecular weight is 289 g/mol. The van der Waals surface area contributed by atoms with E-state index in [1.54, 1.807) is 0 Å². The zero-order valence-corrected chi connectivity index (χ0v) is 14.3. The van der Waals surface area contributed by atoms with Crippen molar-refractivity contribution in [3.63, 3.8) is 0 Å². The molecule has 0 heterocycles. The predicted octanol–water partition coefficient (Wildman–Crippen LogP) is 4.49. The normalized spacial score (nSPS) is 26.1. The number of nitrogens with one attached hydrogen (secondary N) is 1. The van der Waals surface area contributed by atoms with Gasteiger partial charge in [0.25, 0.3) is 0 Å². The minimum atomic E-state index is 0.299. The van der Waals surface area contributed by atoms with Crippen LogP contribution < -0.4 is 10.1 Å². The van der Waals surface area contributed by atoms with Crippen molar-refractivity contribution in [2.24, 2.45) is 11.8 Å². The molecule has 1 aromatic rings. The zero-order chi connectivity index (χ0) is 15.4. The van der Waals surface area contributed by atoms with E-state index >= 15 is 0 Å². The predicted molar refractivity (Wildman–Crippen MR) is 90.0 cm³/mol. The van der Waals surface area contributed by atoms with E-state index in [2.05, 4.69) is 58.1 Å². The van der Waals surface area contributed by atoms with E-state index in [4.69, 9.17) is 4.74 Å². The van der Waals surface area contributed by atoms with Gasteiger partial charge in [-0.25, -0.2) is 0 Å². The van der Waals surface area contributed by atoms with Gasteiger partial charge in [0.05, 0.1) is 0 Å². The smallest absolute Gasteiger partial charge is 0.122 e. The van der Waals surface area contributed by atoms with Gasteiger partial charge < -0.3 is 10.1 Å². The fourth-order valence-corrected chi connectivity index (χ4v) is 3.49. The highest BCUT2D eigenvalue weighted by atomic mass is 16.5. The molecule has 1 aliphatic rings. The van der Waals surface area contributed by atoms with Crippen LogP contribution in [0.2, 0.25) is 0 Å². The number of hydrogen-bond acceptors (Lipinski definition) is 2. The topological polar surface area (TPSA) is 21.3 Å². The summed E-state index contributed by atoms with van der Waals surface area (Å²) < 4.78 is 6.42. The van der Waals surface area contributed by atoms with E-state index in [-0.39, 0.29) is 0 Å². The number of likely N-dealkylation sites (N-methyl/N-ethyl adjacent to an activating group) is 1. The minimum Gasteiger partial charge on any atom is -0.489 e. The SMILES string of the molecule is CCNC1CCC(C(C)C)CC1Oc1ccc(C)cc1C. The molecule has 118 valence electrons. The van der Waals surface area contributed by atoms with Crippen LogP contribution in [0.15, 0.2) is 18.2 Å². The monoisotopic (exact) mass is 289 g/mol. The molecule has 0 radical (unpaired) electrons. The molecule has 3 unspecified atom stereocenters. The summed E-state index contributed by atoms with van der Waals surface area (Å²) in [4.78, 5) is 0. The Balaban J connectivity index is 2.11. The summed E-state index contributed by atoms with van der Waals surface area (Å²) in [5.41, 5.74) is 2.55. The first-order valence-electron chi connectivity index (χ1n) is 8.48. The molecule has 0 bridgehead atoms. The summed E-state index contributed by atoms with van der Waals surface area (Å²) in [7, 11) is 0. The van der Waals surface area contributed by atoms with Gasteiger partial charge in [0.15, 0.2) is 0 Å². The van der Waals surface area contributed by atoms with Crippen molar-refractivity contribution < 1.29 is 4.74 Å². The summed E-state index contributed by atoms with van der Waals surface area (Å²) in [5, 5.41) is 3.62. The van der Waals surface area contributed by atoms with Gasteiger partial charge in [-0.1, -0.05) is 38.5 Å². The van der Waals surface area contributed by atoms with Crippen LogP contribution >= 0.6 is 0 Å². The van der Waals surface area contributed by atoms with E-state index in [0.29, 0.717) is 12.1 Å². The molecule has 0 aromatic heterocycles. The van der Waals surface area contributed by atoms with Crippen LogP contribution in [0.3, 0.4) is 0 Å². The van der Waals surface area contributed by atoms with Crippen molar-refractivity contribution in [1.82, 2.24) is 5.32 Å². The summed E-state index contributed by atoms with van der Waals surface area (Å²) in [6.07, 6.45) is 4.02. The molecule has 2 heteroatoms. The van der Waals surface area contributed by atoms with Crippen LogP contribution in [0.5, 0.6) is 5.75 Å². The largest absolute Gasteiger partial charge is 0.489 e. The molecular formula is C19H31NO. The van der Waals surface area contributed by atoms with Crippen LogP contribution in [0.25, 0.3) is 0 Å². The van der Waals surface area contributed by atoms with E-state index in [9.17, 15) is 0 Å². The van der Waals surface area contributed by atoms with E-state index in [0.717, 1.165) is 24.1 Å². The molecule has 0 saturated heterocycles. The molecule has 2 rings (SSSR count). The van der Waals surface area contributed by atoms with E-state index in [1.807, 2.05) is 0 Å². The standard InChI is InChI=1S/C19H31NO/c1-6-20-17-9-8-16(13(2)3)12-19(17)21-18-10-7-14(4)11-15(18)5/h7,10-11,13,16-17,19-20H,6,8-9,12H2,1-5H3. The molecule has 0 amide bonds. The van der Waals surface area contributed by atoms with Gasteiger partial charge in [0.1, 0.15) is 11.9 Å². The summed E-state index contributed by atoms with van der Waals surface area (Å²) in [6.45, 7) is 12.2. The Kier molecular flexibility index (Phi) is 5.69. The first-order chi connectivity index (χ1) is 10.0. The highest BCUT2D eigenvalue weighted by molar-refractivity contribution is 5.35. The Hall–Kier alpha value is -1.02. The van der Waals surface area contributed by atoms with E-state index in [1.165, 1.54) is 30.4 Å².